The number of carbonyl (C=O) groups excluding carboxylic acids is 1. The quantitative estimate of drug-likeness (QED) is 0.285. The molecule has 3 aromatic rings. The van der Waals surface area contributed by atoms with Crippen molar-refractivity contribution in [3.05, 3.63) is 54.6 Å². The van der Waals surface area contributed by atoms with E-state index in [-0.39, 0.29) is 18.3 Å². The molecular weight excluding hydrogens is 384 g/mol. The Hall–Kier alpha value is -2.18. The van der Waals surface area contributed by atoms with E-state index in [1.807, 2.05) is 24.3 Å². The number of fused-ring (bicyclic) bond motifs is 2. The van der Waals surface area contributed by atoms with Crippen molar-refractivity contribution in [2.75, 3.05) is 38.0 Å². The van der Waals surface area contributed by atoms with Gasteiger partial charge in [-0.25, -0.2) is 0 Å². The van der Waals surface area contributed by atoms with Crippen molar-refractivity contribution in [1.82, 2.24) is 10.6 Å². The number of rotatable bonds is 11. The van der Waals surface area contributed by atoms with Gasteiger partial charge in [-0.05, 0) is 62.3 Å². The summed E-state index contributed by atoms with van der Waals surface area (Å²) in [4.78, 5) is 12.5. The van der Waals surface area contributed by atoms with Crippen LogP contribution in [0.15, 0.2) is 54.6 Å². The van der Waals surface area contributed by atoms with Crippen LogP contribution in [-0.4, -0.2) is 38.6 Å². The Balaban J connectivity index is 0.00000300. The number of nitrogens with two attached hydrogens (primary N) is 1. The highest BCUT2D eigenvalue weighted by Gasteiger charge is 2.10. The third kappa shape index (κ3) is 6.68. The molecule has 0 radical (unpaired) electrons. The van der Waals surface area contributed by atoms with Crippen molar-refractivity contribution < 1.29 is 4.79 Å². The standard InChI is InChI=1S/C23H30N4O.ClH/c24-12-7-15-25-13-5-6-14-26-17-22(28)27-23-20-10-3-1-8-18(20)16-19-9-2-4-11-21(19)23;/h1-4,8-11,16,25-26H,5-7,12-15,17,24H2,(H,27,28);1H. The maximum atomic E-state index is 12.5. The molecule has 5 N–H and O–H groups in total. The zero-order chi connectivity index (χ0) is 19.6. The van der Waals surface area contributed by atoms with Gasteiger partial charge in [-0.2, -0.15) is 0 Å². The minimum absolute atomic E-state index is 0. The molecule has 3 rings (SSSR count). The summed E-state index contributed by atoms with van der Waals surface area (Å²) in [5, 5.41) is 14.1. The predicted molar refractivity (Wildman–Crippen MR) is 126 cm³/mol. The van der Waals surface area contributed by atoms with Gasteiger partial charge in [-0.3, -0.25) is 4.79 Å². The maximum Gasteiger partial charge on any atom is 0.238 e. The van der Waals surface area contributed by atoms with Gasteiger partial charge in [0.25, 0.3) is 0 Å². The first-order valence-electron chi connectivity index (χ1n) is 10.1. The van der Waals surface area contributed by atoms with E-state index in [1.54, 1.807) is 0 Å². The van der Waals surface area contributed by atoms with Gasteiger partial charge < -0.3 is 21.7 Å². The van der Waals surface area contributed by atoms with E-state index in [0.717, 1.165) is 72.7 Å². The Kier molecular flexibility index (Phi) is 9.88. The first kappa shape index (κ1) is 23.1. The number of anilines is 1. The number of benzene rings is 3. The second-order valence-electron chi connectivity index (χ2n) is 7.02. The molecule has 3 aromatic carbocycles. The van der Waals surface area contributed by atoms with E-state index in [0.29, 0.717) is 6.54 Å². The smallest absolute Gasteiger partial charge is 0.238 e. The molecule has 0 saturated heterocycles. The molecule has 0 aliphatic carbocycles. The van der Waals surface area contributed by atoms with Crippen molar-refractivity contribution >= 4 is 45.5 Å². The van der Waals surface area contributed by atoms with Crippen LogP contribution in [0.1, 0.15) is 19.3 Å². The molecular formula is C23H31ClN4O. The van der Waals surface area contributed by atoms with E-state index in [4.69, 9.17) is 5.73 Å². The van der Waals surface area contributed by atoms with E-state index in [2.05, 4.69) is 46.3 Å². The molecule has 0 bridgehead atoms. The lowest BCUT2D eigenvalue weighted by Crippen LogP contribution is -2.29. The summed E-state index contributed by atoms with van der Waals surface area (Å²) in [5.41, 5.74) is 6.36. The van der Waals surface area contributed by atoms with Crippen LogP contribution in [0.2, 0.25) is 0 Å². The third-order valence-corrected chi connectivity index (χ3v) is 4.84. The monoisotopic (exact) mass is 414 g/mol. The second kappa shape index (κ2) is 12.4. The summed E-state index contributed by atoms with van der Waals surface area (Å²) in [6.07, 6.45) is 3.15. The Morgan fingerprint density at radius 2 is 1.34 bits per heavy atom. The van der Waals surface area contributed by atoms with Crippen LogP contribution in [0.25, 0.3) is 21.5 Å². The van der Waals surface area contributed by atoms with Gasteiger partial charge in [-0.15, -0.1) is 12.4 Å². The normalized spacial score (nSPS) is 10.8. The molecule has 0 aromatic heterocycles. The van der Waals surface area contributed by atoms with Crippen molar-refractivity contribution in [2.45, 2.75) is 19.3 Å². The molecule has 29 heavy (non-hydrogen) atoms. The number of hydrogen-bond donors (Lipinski definition) is 4. The van der Waals surface area contributed by atoms with Gasteiger partial charge in [0.15, 0.2) is 0 Å². The number of nitrogens with one attached hydrogen (secondary N) is 3. The Bertz CT molecular complexity index is 862. The highest BCUT2D eigenvalue weighted by molar-refractivity contribution is 6.15. The number of amides is 1. The molecule has 0 unspecified atom stereocenters. The summed E-state index contributed by atoms with van der Waals surface area (Å²) >= 11 is 0. The van der Waals surface area contributed by atoms with E-state index in [1.165, 1.54) is 0 Å². The fourth-order valence-corrected chi connectivity index (χ4v) is 3.39. The van der Waals surface area contributed by atoms with Crippen LogP contribution in [0.4, 0.5) is 5.69 Å². The van der Waals surface area contributed by atoms with Crippen molar-refractivity contribution in [3.8, 4) is 0 Å². The molecule has 0 aliphatic rings. The van der Waals surface area contributed by atoms with Gasteiger partial charge >= 0.3 is 0 Å². The molecule has 0 atom stereocenters. The summed E-state index contributed by atoms with van der Waals surface area (Å²) in [6.45, 7) is 3.86. The van der Waals surface area contributed by atoms with E-state index >= 15 is 0 Å². The average molecular weight is 415 g/mol. The lowest BCUT2D eigenvalue weighted by atomic mass is 10.0. The fourth-order valence-electron chi connectivity index (χ4n) is 3.39. The Morgan fingerprint density at radius 3 is 1.97 bits per heavy atom. The lowest BCUT2D eigenvalue weighted by Gasteiger charge is -2.13. The molecule has 0 heterocycles. The number of halogens is 1. The van der Waals surface area contributed by atoms with E-state index in [9.17, 15) is 4.79 Å². The molecule has 0 aliphatic heterocycles. The van der Waals surface area contributed by atoms with E-state index < -0.39 is 0 Å². The largest absolute Gasteiger partial charge is 0.330 e. The highest BCUT2D eigenvalue weighted by Crippen LogP contribution is 2.32. The summed E-state index contributed by atoms with van der Waals surface area (Å²) in [5.74, 6) is -0.0115. The average Bonchev–Trinajstić information content (AvgIpc) is 2.72. The van der Waals surface area contributed by atoms with Gasteiger partial charge in [0.05, 0.1) is 12.2 Å². The van der Waals surface area contributed by atoms with Crippen LogP contribution in [0.5, 0.6) is 0 Å². The Labute approximate surface area is 178 Å². The van der Waals surface area contributed by atoms with Crippen LogP contribution in [0.3, 0.4) is 0 Å². The molecule has 5 nitrogen and oxygen atoms in total. The number of unbranched alkanes of at least 4 members (excludes halogenated alkanes) is 1. The van der Waals surface area contributed by atoms with Crippen molar-refractivity contribution in [3.63, 3.8) is 0 Å². The SMILES string of the molecule is Cl.NCCCNCCCCNCC(=O)Nc1c2ccccc2cc2ccccc12. The first-order chi connectivity index (χ1) is 13.8. The molecule has 1 amide bonds. The predicted octanol–water partition coefficient (Wildman–Crippen LogP) is 3.66. The summed E-state index contributed by atoms with van der Waals surface area (Å²) < 4.78 is 0. The van der Waals surface area contributed by atoms with Crippen LogP contribution >= 0.6 is 12.4 Å². The zero-order valence-electron chi connectivity index (χ0n) is 16.7. The highest BCUT2D eigenvalue weighted by atomic mass is 35.5. The van der Waals surface area contributed by atoms with Gasteiger partial charge in [0, 0.05) is 10.8 Å². The molecule has 0 fully saturated rings. The zero-order valence-corrected chi connectivity index (χ0v) is 17.6. The van der Waals surface area contributed by atoms with Crippen LogP contribution in [-0.2, 0) is 4.79 Å². The third-order valence-electron chi connectivity index (χ3n) is 4.84. The van der Waals surface area contributed by atoms with Gasteiger partial charge in [0.1, 0.15) is 0 Å². The summed E-state index contributed by atoms with van der Waals surface area (Å²) in [6, 6.07) is 18.5. The lowest BCUT2D eigenvalue weighted by molar-refractivity contribution is -0.115. The molecule has 0 spiro atoms. The number of hydrogen-bond acceptors (Lipinski definition) is 4. The minimum Gasteiger partial charge on any atom is -0.330 e. The minimum atomic E-state index is -0.0115. The van der Waals surface area contributed by atoms with Crippen molar-refractivity contribution in [2.24, 2.45) is 5.73 Å². The molecule has 6 heteroatoms. The molecule has 0 saturated carbocycles. The van der Waals surface area contributed by atoms with Gasteiger partial charge in [-0.1, -0.05) is 48.5 Å². The Morgan fingerprint density at radius 1 is 0.793 bits per heavy atom. The molecule has 156 valence electrons. The first-order valence-corrected chi connectivity index (χ1v) is 10.1. The van der Waals surface area contributed by atoms with Crippen LogP contribution < -0.4 is 21.7 Å². The number of carbonyl (C=O) groups is 1. The maximum absolute atomic E-state index is 12.5. The van der Waals surface area contributed by atoms with Crippen molar-refractivity contribution in [1.29, 1.82) is 0 Å². The van der Waals surface area contributed by atoms with Crippen LogP contribution in [0, 0.1) is 0 Å². The van der Waals surface area contributed by atoms with Gasteiger partial charge in [0.2, 0.25) is 5.91 Å². The fraction of sp³-hybridized carbons (Fsp3) is 0.348. The second-order valence-corrected chi connectivity index (χ2v) is 7.02. The topological polar surface area (TPSA) is 79.2 Å². The summed E-state index contributed by atoms with van der Waals surface area (Å²) in [7, 11) is 0.